The SMILES string of the molecule is CCSc1nnc(-c2cccc(OC)c2)c2sc(C)nc12. The minimum Gasteiger partial charge on any atom is -0.497 e. The van der Waals surface area contributed by atoms with Crippen LogP contribution in [0.5, 0.6) is 5.75 Å². The molecule has 0 saturated heterocycles. The van der Waals surface area contributed by atoms with Crippen LogP contribution in [0.2, 0.25) is 0 Å². The van der Waals surface area contributed by atoms with Crippen LogP contribution >= 0.6 is 23.1 Å². The Balaban J connectivity index is 2.21. The largest absolute Gasteiger partial charge is 0.497 e. The van der Waals surface area contributed by atoms with Crippen molar-refractivity contribution < 1.29 is 4.74 Å². The lowest BCUT2D eigenvalue weighted by Gasteiger charge is -2.05. The molecule has 0 bridgehead atoms. The number of methoxy groups -OCH3 is 1. The zero-order valence-corrected chi connectivity index (χ0v) is 13.7. The molecule has 1 aromatic carbocycles. The van der Waals surface area contributed by atoms with Gasteiger partial charge in [0.2, 0.25) is 0 Å². The quantitative estimate of drug-likeness (QED) is 0.676. The second kappa shape index (κ2) is 5.99. The molecule has 0 aliphatic rings. The molecule has 3 rings (SSSR count). The number of aromatic nitrogens is 3. The first-order chi connectivity index (χ1) is 10.2. The maximum atomic E-state index is 5.29. The van der Waals surface area contributed by atoms with Crippen molar-refractivity contribution in [2.75, 3.05) is 12.9 Å². The van der Waals surface area contributed by atoms with Gasteiger partial charge in [0.25, 0.3) is 0 Å². The van der Waals surface area contributed by atoms with Gasteiger partial charge in [0.1, 0.15) is 22.0 Å². The van der Waals surface area contributed by atoms with Crippen molar-refractivity contribution in [3.05, 3.63) is 29.3 Å². The van der Waals surface area contributed by atoms with Gasteiger partial charge in [-0.2, -0.15) is 0 Å². The first-order valence-electron chi connectivity index (χ1n) is 6.64. The van der Waals surface area contributed by atoms with Crippen LogP contribution in [0.3, 0.4) is 0 Å². The van der Waals surface area contributed by atoms with Gasteiger partial charge in [-0.25, -0.2) is 4.98 Å². The summed E-state index contributed by atoms with van der Waals surface area (Å²) in [5, 5.41) is 10.7. The average Bonchev–Trinajstić information content (AvgIpc) is 2.89. The zero-order chi connectivity index (χ0) is 14.8. The van der Waals surface area contributed by atoms with Crippen LogP contribution in [0.15, 0.2) is 29.3 Å². The minimum atomic E-state index is 0.815. The summed E-state index contributed by atoms with van der Waals surface area (Å²) in [7, 11) is 1.66. The number of rotatable bonds is 4. The number of hydrogen-bond donors (Lipinski definition) is 0. The van der Waals surface area contributed by atoms with Gasteiger partial charge in [0.05, 0.1) is 16.8 Å². The molecule has 108 valence electrons. The Labute approximate surface area is 131 Å². The molecule has 3 aromatic rings. The average molecular weight is 317 g/mol. The number of benzene rings is 1. The summed E-state index contributed by atoms with van der Waals surface area (Å²) in [5.41, 5.74) is 2.83. The van der Waals surface area contributed by atoms with Gasteiger partial charge in [-0.3, -0.25) is 0 Å². The fourth-order valence-corrected chi connectivity index (χ4v) is 3.76. The molecular weight excluding hydrogens is 302 g/mol. The summed E-state index contributed by atoms with van der Waals surface area (Å²) < 4.78 is 6.38. The molecule has 0 unspecified atom stereocenters. The van der Waals surface area contributed by atoms with Gasteiger partial charge in [0.15, 0.2) is 0 Å². The molecular formula is C15H15N3OS2. The first-order valence-corrected chi connectivity index (χ1v) is 8.44. The summed E-state index contributed by atoms with van der Waals surface area (Å²) in [5.74, 6) is 1.77. The molecule has 2 heterocycles. The molecule has 4 nitrogen and oxygen atoms in total. The van der Waals surface area contributed by atoms with E-state index in [0.717, 1.165) is 43.0 Å². The third-order valence-corrected chi connectivity index (χ3v) is 4.83. The lowest BCUT2D eigenvalue weighted by Crippen LogP contribution is -1.93. The van der Waals surface area contributed by atoms with E-state index in [-0.39, 0.29) is 0 Å². The van der Waals surface area contributed by atoms with Crippen molar-refractivity contribution >= 4 is 33.3 Å². The van der Waals surface area contributed by atoms with E-state index in [1.165, 1.54) is 0 Å². The van der Waals surface area contributed by atoms with Gasteiger partial charge in [-0.15, -0.1) is 33.3 Å². The summed E-state index contributed by atoms with van der Waals surface area (Å²) >= 11 is 3.33. The van der Waals surface area contributed by atoms with Crippen LogP contribution in [-0.2, 0) is 0 Å². The second-order valence-corrected chi connectivity index (χ2v) is 6.89. The van der Waals surface area contributed by atoms with E-state index in [2.05, 4.69) is 22.1 Å². The highest BCUT2D eigenvalue weighted by atomic mass is 32.2. The van der Waals surface area contributed by atoms with Crippen LogP contribution in [0.25, 0.3) is 21.5 Å². The van der Waals surface area contributed by atoms with E-state index in [0.29, 0.717) is 0 Å². The molecule has 0 amide bonds. The molecule has 2 aromatic heterocycles. The first kappa shape index (κ1) is 14.3. The predicted octanol–water partition coefficient (Wildman–Crippen LogP) is 4.18. The zero-order valence-electron chi connectivity index (χ0n) is 12.1. The Kier molecular flexibility index (Phi) is 4.07. The Morgan fingerprint density at radius 3 is 2.90 bits per heavy atom. The number of fused-ring (bicyclic) bond motifs is 1. The third kappa shape index (κ3) is 2.73. The summed E-state index contributed by atoms with van der Waals surface area (Å²) in [6, 6.07) is 7.89. The topological polar surface area (TPSA) is 47.9 Å². The van der Waals surface area contributed by atoms with Gasteiger partial charge in [0, 0.05) is 5.56 Å². The highest BCUT2D eigenvalue weighted by Crippen LogP contribution is 2.35. The molecule has 0 atom stereocenters. The number of ether oxygens (including phenoxy) is 1. The van der Waals surface area contributed by atoms with Gasteiger partial charge < -0.3 is 4.74 Å². The van der Waals surface area contributed by atoms with Crippen molar-refractivity contribution in [3.63, 3.8) is 0 Å². The van der Waals surface area contributed by atoms with Crippen molar-refractivity contribution in [1.82, 2.24) is 15.2 Å². The highest BCUT2D eigenvalue weighted by Gasteiger charge is 2.15. The summed E-state index contributed by atoms with van der Waals surface area (Å²) in [6.07, 6.45) is 0. The van der Waals surface area contributed by atoms with Crippen LogP contribution in [-0.4, -0.2) is 28.0 Å². The van der Waals surface area contributed by atoms with Crippen molar-refractivity contribution in [1.29, 1.82) is 0 Å². The van der Waals surface area contributed by atoms with Crippen LogP contribution in [0, 0.1) is 6.92 Å². The number of hydrogen-bond acceptors (Lipinski definition) is 6. The second-order valence-electron chi connectivity index (χ2n) is 4.43. The number of aryl methyl sites for hydroxylation is 1. The minimum absolute atomic E-state index is 0.815. The maximum absolute atomic E-state index is 5.29. The fraction of sp³-hybridized carbons (Fsp3) is 0.267. The lowest BCUT2D eigenvalue weighted by atomic mass is 10.1. The van der Waals surface area contributed by atoms with E-state index in [1.54, 1.807) is 30.2 Å². The molecule has 0 N–H and O–H groups in total. The third-order valence-electron chi connectivity index (χ3n) is 3.02. The van der Waals surface area contributed by atoms with Gasteiger partial charge in [-0.1, -0.05) is 19.1 Å². The Bertz CT molecular complexity index is 786. The monoisotopic (exact) mass is 317 g/mol. The molecule has 0 saturated carbocycles. The van der Waals surface area contributed by atoms with Crippen LogP contribution in [0.4, 0.5) is 0 Å². The van der Waals surface area contributed by atoms with E-state index >= 15 is 0 Å². The van der Waals surface area contributed by atoms with Gasteiger partial charge >= 0.3 is 0 Å². The fourth-order valence-electron chi connectivity index (χ4n) is 2.11. The van der Waals surface area contributed by atoms with E-state index in [9.17, 15) is 0 Å². The Hall–Kier alpha value is -1.66. The van der Waals surface area contributed by atoms with Crippen molar-refractivity contribution in [2.45, 2.75) is 18.9 Å². The standard InChI is InChI=1S/C15H15N3OS2/c1-4-20-15-13-14(21-9(2)16-13)12(17-18-15)10-6-5-7-11(8-10)19-3/h5-8H,4H2,1-3H3. The van der Waals surface area contributed by atoms with Crippen LogP contribution < -0.4 is 4.74 Å². The predicted molar refractivity (Wildman–Crippen MR) is 88.3 cm³/mol. The summed E-state index contributed by atoms with van der Waals surface area (Å²) in [4.78, 5) is 4.62. The number of thiazole rings is 1. The molecule has 6 heteroatoms. The van der Waals surface area contributed by atoms with E-state index in [4.69, 9.17) is 4.74 Å². The van der Waals surface area contributed by atoms with Gasteiger partial charge in [-0.05, 0) is 24.8 Å². The van der Waals surface area contributed by atoms with Crippen molar-refractivity contribution in [3.8, 4) is 17.0 Å². The molecule has 0 radical (unpaired) electrons. The molecule has 0 fully saturated rings. The lowest BCUT2D eigenvalue weighted by molar-refractivity contribution is 0.415. The van der Waals surface area contributed by atoms with Crippen LogP contribution in [0.1, 0.15) is 11.9 Å². The molecule has 21 heavy (non-hydrogen) atoms. The smallest absolute Gasteiger partial charge is 0.146 e. The summed E-state index contributed by atoms with van der Waals surface area (Å²) in [6.45, 7) is 4.12. The Morgan fingerprint density at radius 2 is 2.14 bits per heavy atom. The Morgan fingerprint density at radius 1 is 1.29 bits per heavy atom. The normalized spacial score (nSPS) is 11.0. The van der Waals surface area contributed by atoms with Crippen molar-refractivity contribution in [2.24, 2.45) is 0 Å². The highest BCUT2D eigenvalue weighted by molar-refractivity contribution is 7.99. The van der Waals surface area contributed by atoms with E-state index < -0.39 is 0 Å². The molecule has 0 aliphatic heterocycles. The maximum Gasteiger partial charge on any atom is 0.146 e. The van der Waals surface area contributed by atoms with E-state index in [1.807, 2.05) is 31.2 Å². The molecule has 0 aliphatic carbocycles. The number of nitrogens with zero attached hydrogens (tertiary/aromatic N) is 3. The molecule has 0 spiro atoms. The number of thioether (sulfide) groups is 1.